The summed E-state index contributed by atoms with van der Waals surface area (Å²) in [4.78, 5) is 25.4. The minimum Gasteiger partial charge on any atom is -0.493 e. The van der Waals surface area contributed by atoms with Crippen LogP contribution in [0.3, 0.4) is 0 Å². The highest BCUT2D eigenvalue weighted by molar-refractivity contribution is 5.85. The van der Waals surface area contributed by atoms with Gasteiger partial charge in [-0.2, -0.15) is 0 Å². The van der Waals surface area contributed by atoms with Crippen LogP contribution in [0, 0.1) is 0 Å². The van der Waals surface area contributed by atoms with Crippen LogP contribution in [-0.4, -0.2) is 54.3 Å². The molecule has 0 aromatic heterocycles. The number of carboxylic acids is 1. The molecule has 2 heterocycles. The molecule has 1 aromatic carbocycles. The zero-order valence-corrected chi connectivity index (χ0v) is 12.2. The number of fused-ring (bicyclic) bond motifs is 1. The number of hydrogen-bond acceptors (Lipinski definition) is 4. The number of carboxylic acid groups (broad SMARTS) is 1. The Hall–Kier alpha value is -2.08. The van der Waals surface area contributed by atoms with E-state index in [-0.39, 0.29) is 18.2 Å². The zero-order chi connectivity index (χ0) is 15.5. The Labute approximate surface area is 128 Å². The molecule has 6 heteroatoms. The quantitative estimate of drug-likeness (QED) is 0.909. The van der Waals surface area contributed by atoms with Crippen LogP contribution >= 0.6 is 0 Å². The van der Waals surface area contributed by atoms with E-state index in [0.29, 0.717) is 32.7 Å². The Kier molecular flexibility index (Phi) is 4.29. The summed E-state index contributed by atoms with van der Waals surface area (Å²) in [7, 11) is 0. The predicted molar refractivity (Wildman–Crippen MR) is 77.9 cm³/mol. The van der Waals surface area contributed by atoms with Gasteiger partial charge < -0.3 is 19.5 Å². The van der Waals surface area contributed by atoms with E-state index in [1.807, 2.05) is 24.3 Å². The number of nitrogens with zero attached hydrogens (tertiary/aromatic N) is 1. The summed E-state index contributed by atoms with van der Waals surface area (Å²) in [6.07, 6.45) is 0.149. The number of carbonyl (C=O) groups excluding carboxylic acids is 1. The first-order valence-electron chi connectivity index (χ1n) is 7.49. The van der Waals surface area contributed by atoms with Crippen molar-refractivity contribution in [3.8, 4) is 5.75 Å². The minimum atomic E-state index is -0.907. The van der Waals surface area contributed by atoms with Gasteiger partial charge in [0, 0.05) is 18.7 Å². The lowest BCUT2D eigenvalue weighted by Gasteiger charge is -2.36. The van der Waals surface area contributed by atoms with Crippen LogP contribution in [0.1, 0.15) is 24.3 Å². The van der Waals surface area contributed by atoms with Crippen molar-refractivity contribution in [3.63, 3.8) is 0 Å². The van der Waals surface area contributed by atoms with Gasteiger partial charge >= 0.3 is 5.97 Å². The van der Waals surface area contributed by atoms with Crippen LogP contribution in [-0.2, 0) is 14.3 Å². The number of aliphatic carboxylic acids is 1. The van der Waals surface area contributed by atoms with Gasteiger partial charge in [-0.3, -0.25) is 9.59 Å². The van der Waals surface area contributed by atoms with Crippen molar-refractivity contribution in [2.75, 3.05) is 26.3 Å². The van der Waals surface area contributed by atoms with Crippen molar-refractivity contribution in [1.82, 2.24) is 4.90 Å². The number of rotatable bonds is 3. The molecule has 2 unspecified atom stereocenters. The van der Waals surface area contributed by atoms with Gasteiger partial charge in [0.05, 0.1) is 31.7 Å². The SMILES string of the molecule is O=C(O)CC1CN(C(=O)C2CCOc3ccccc32)CCO1. The molecule has 0 radical (unpaired) electrons. The summed E-state index contributed by atoms with van der Waals surface area (Å²) in [5, 5.41) is 8.87. The number of ether oxygens (including phenoxy) is 2. The van der Waals surface area contributed by atoms with Crippen LogP contribution in [0.4, 0.5) is 0 Å². The summed E-state index contributed by atoms with van der Waals surface area (Å²) in [5.41, 5.74) is 0.917. The van der Waals surface area contributed by atoms with E-state index in [2.05, 4.69) is 0 Å². The second-order valence-corrected chi connectivity index (χ2v) is 5.60. The maximum atomic E-state index is 12.8. The number of amides is 1. The van der Waals surface area contributed by atoms with Crippen LogP contribution in [0.25, 0.3) is 0 Å². The minimum absolute atomic E-state index is 0.0365. The Bertz CT molecular complexity index is 573. The Morgan fingerprint density at radius 1 is 1.27 bits per heavy atom. The molecule has 1 amide bonds. The van der Waals surface area contributed by atoms with Gasteiger partial charge in [0.25, 0.3) is 0 Å². The van der Waals surface area contributed by atoms with Crippen molar-refractivity contribution >= 4 is 11.9 Å². The van der Waals surface area contributed by atoms with Crippen molar-refractivity contribution in [3.05, 3.63) is 29.8 Å². The van der Waals surface area contributed by atoms with Gasteiger partial charge in [0.2, 0.25) is 5.91 Å². The number of carbonyl (C=O) groups is 2. The molecule has 1 saturated heterocycles. The fourth-order valence-electron chi connectivity index (χ4n) is 3.06. The first-order chi connectivity index (χ1) is 10.6. The third kappa shape index (κ3) is 3.06. The fraction of sp³-hybridized carbons (Fsp3) is 0.500. The topological polar surface area (TPSA) is 76.1 Å². The Balaban J connectivity index is 1.73. The Morgan fingerprint density at radius 3 is 2.91 bits per heavy atom. The summed E-state index contributed by atoms with van der Waals surface area (Å²) in [6, 6.07) is 7.59. The molecule has 2 atom stereocenters. The van der Waals surface area contributed by atoms with Crippen LogP contribution in [0.2, 0.25) is 0 Å². The number of para-hydroxylation sites is 1. The molecule has 118 valence electrons. The molecule has 22 heavy (non-hydrogen) atoms. The average Bonchev–Trinajstić information content (AvgIpc) is 2.53. The smallest absolute Gasteiger partial charge is 0.306 e. The third-order valence-corrected chi connectivity index (χ3v) is 4.11. The van der Waals surface area contributed by atoms with E-state index >= 15 is 0 Å². The maximum Gasteiger partial charge on any atom is 0.306 e. The lowest BCUT2D eigenvalue weighted by molar-refractivity contribution is -0.148. The summed E-state index contributed by atoms with van der Waals surface area (Å²) >= 11 is 0. The molecule has 0 spiro atoms. The van der Waals surface area contributed by atoms with E-state index in [0.717, 1.165) is 11.3 Å². The van der Waals surface area contributed by atoms with E-state index in [1.165, 1.54) is 0 Å². The number of benzene rings is 1. The van der Waals surface area contributed by atoms with E-state index in [4.69, 9.17) is 14.6 Å². The molecule has 2 aliphatic heterocycles. The van der Waals surface area contributed by atoms with Crippen LogP contribution in [0.15, 0.2) is 24.3 Å². The predicted octanol–water partition coefficient (Wildman–Crippen LogP) is 1.25. The maximum absolute atomic E-state index is 12.8. The Morgan fingerprint density at radius 2 is 2.09 bits per heavy atom. The molecule has 3 rings (SSSR count). The number of morpholine rings is 1. The van der Waals surface area contributed by atoms with E-state index < -0.39 is 12.1 Å². The van der Waals surface area contributed by atoms with Crippen LogP contribution < -0.4 is 4.74 Å². The van der Waals surface area contributed by atoms with Crippen molar-refractivity contribution < 1.29 is 24.2 Å². The van der Waals surface area contributed by atoms with Gasteiger partial charge in [-0.15, -0.1) is 0 Å². The molecule has 2 aliphatic rings. The molecular formula is C16H19NO5. The molecule has 6 nitrogen and oxygen atoms in total. The molecule has 0 bridgehead atoms. The zero-order valence-electron chi connectivity index (χ0n) is 12.2. The first kappa shape index (κ1) is 14.8. The highest BCUT2D eigenvalue weighted by Crippen LogP contribution is 2.34. The third-order valence-electron chi connectivity index (χ3n) is 4.11. The van der Waals surface area contributed by atoms with Crippen molar-refractivity contribution in [2.24, 2.45) is 0 Å². The standard InChI is InChI=1S/C16H19NO5/c18-15(19)9-11-10-17(6-8-21-11)16(20)13-5-7-22-14-4-2-1-3-12(13)14/h1-4,11,13H,5-10H2,(H,18,19). The van der Waals surface area contributed by atoms with Gasteiger partial charge in [-0.05, 0) is 12.5 Å². The first-order valence-corrected chi connectivity index (χ1v) is 7.49. The summed E-state index contributed by atoms with van der Waals surface area (Å²) < 4.78 is 11.0. The molecule has 1 aromatic rings. The monoisotopic (exact) mass is 305 g/mol. The second-order valence-electron chi connectivity index (χ2n) is 5.60. The lowest BCUT2D eigenvalue weighted by atomic mass is 9.91. The molecular weight excluding hydrogens is 286 g/mol. The summed E-state index contributed by atoms with van der Waals surface area (Å²) in [6.45, 7) is 1.75. The van der Waals surface area contributed by atoms with Gasteiger partial charge in [0.1, 0.15) is 5.75 Å². The second kappa shape index (κ2) is 6.36. The molecule has 1 fully saturated rings. The van der Waals surface area contributed by atoms with Crippen molar-refractivity contribution in [1.29, 1.82) is 0 Å². The van der Waals surface area contributed by atoms with E-state index in [1.54, 1.807) is 4.90 Å². The normalized spacial score (nSPS) is 24.3. The average molecular weight is 305 g/mol. The summed E-state index contributed by atoms with van der Waals surface area (Å²) in [5.74, 6) is -0.318. The largest absolute Gasteiger partial charge is 0.493 e. The van der Waals surface area contributed by atoms with Crippen LogP contribution in [0.5, 0.6) is 5.75 Å². The lowest BCUT2D eigenvalue weighted by Crippen LogP contribution is -2.48. The molecule has 0 aliphatic carbocycles. The molecule has 0 saturated carbocycles. The number of hydrogen-bond donors (Lipinski definition) is 1. The van der Waals surface area contributed by atoms with E-state index in [9.17, 15) is 9.59 Å². The highest BCUT2D eigenvalue weighted by atomic mass is 16.5. The van der Waals surface area contributed by atoms with Gasteiger partial charge in [-0.25, -0.2) is 0 Å². The highest BCUT2D eigenvalue weighted by Gasteiger charge is 2.33. The van der Waals surface area contributed by atoms with Gasteiger partial charge in [0.15, 0.2) is 0 Å². The fourth-order valence-corrected chi connectivity index (χ4v) is 3.06. The van der Waals surface area contributed by atoms with Crippen molar-refractivity contribution in [2.45, 2.75) is 24.9 Å². The van der Waals surface area contributed by atoms with Gasteiger partial charge in [-0.1, -0.05) is 18.2 Å². The molecule has 1 N–H and O–H groups in total.